The van der Waals surface area contributed by atoms with Crippen molar-refractivity contribution in [1.82, 2.24) is 9.97 Å². The fourth-order valence-corrected chi connectivity index (χ4v) is 3.66. The van der Waals surface area contributed by atoms with Crippen LogP contribution in [0.2, 0.25) is 0 Å². The average molecular weight is 623 g/mol. The minimum absolute atomic E-state index is 0. The molecule has 0 bridgehead atoms. The Bertz CT molecular complexity index is 1260. The Morgan fingerprint density at radius 2 is 1.15 bits per heavy atom. The number of aromatic nitrogens is 2. The first-order chi connectivity index (χ1) is 16.3. The van der Waals surface area contributed by atoms with Gasteiger partial charge in [0, 0.05) is 18.1 Å². The van der Waals surface area contributed by atoms with Gasteiger partial charge in [0.05, 0.1) is 7.11 Å². The second kappa shape index (κ2) is 10.9. The normalized spacial score (nSPS) is 10.3. The molecule has 2 aromatic heterocycles. The Labute approximate surface area is 214 Å². The minimum atomic E-state index is 0. The molecular weight excluding hydrogens is 601 g/mol. The van der Waals surface area contributed by atoms with Gasteiger partial charge in [-0.1, -0.05) is 24.3 Å². The van der Waals surface area contributed by atoms with Gasteiger partial charge in [0.1, 0.15) is 5.75 Å². The molecule has 0 spiro atoms. The number of rotatable bonds is 6. The van der Waals surface area contributed by atoms with Gasteiger partial charge in [-0.15, -0.1) is 59.7 Å². The summed E-state index contributed by atoms with van der Waals surface area (Å²) in [5, 5.41) is 0. The van der Waals surface area contributed by atoms with Crippen molar-refractivity contribution in [3.05, 3.63) is 122 Å². The first kappa shape index (κ1) is 23.4. The third-order valence-electron chi connectivity index (χ3n) is 5.25. The Kier molecular flexibility index (Phi) is 7.51. The summed E-state index contributed by atoms with van der Waals surface area (Å²) in [5.74, 6) is 0.802. The van der Waals surface area contributed by atoms with Gasteiger partial charge in [-0.3, -0.25) is 0 Å². The topological polar surface area (TPSA) is 38.2 Å². The van der Waals surface area contributed by atoms with Crippen LogP contribution >= 0.6 is 0 Å². The molecule has 5 rings (SSSR count). The Morgan fingerprint density at radius 3 is 1.59 bits per heavy atom. The monoisotopic (exact) mass is 622 g/mol. The Balaban J connectivity index is 0.00000274. The fraction of sp³-hybridized carbons (Fsp3) is 0.0345. The molecule has 5 aromatic rings. The summed E-state index contributed by atoms with van der Waals surface area (Å²) >= 11 is 0. The van der Waals surface area contributed by atoms with E-state index in [1.807, 2.05) is 97.1 Å². The van der Waals surface area contributed by atoms with E-state index in [-0.39, 0.29) is 21.1 Å². The number of benzene rings is 3. The molecule has 5 heteroatoms. The van der Waals surface area contributed by atoms with Gasteiger partial charge in [0.25, 0.3) is 0 Å². The molecule has 0 saturated carbocycles. The van der Waals surface area contributed by atoms with Crippen LogP contribution in [0.5, 0.6) is 5.75 Å². The molecule has 0 unspecified atom stereocenters. The summed E-state index contributed by atoms with van der Waals surface area (Å²) in [4.78, 5) is 11.1. The molecule has 4 nitrogen and oxygen atoms in total. The van der Waals surface area contributed by atoms with Crippen molar-refractivity contribution in [2.75, 3.05) is 12.0 Å². The maximum Gasteiger partial charge on any atom is 2.00 e. The second-order valence-corrected chi connectivity index (χ2v) is 7.36. The Morgan fingerprint density at radius 1 is 0.618 bits per heavy atom. The van der Waals surface area contributed by atoms with E-state index in [1.54, 1.807) is 19.5 Å². The number of pyridine rings is 2. The van der Waals surface area contributed by atoms with Crippen LogP contribution in [0, 0.1) is 12.1 Å². The molecule has 3 aromatic carbocycles. The number of hydrogen-bond donors (Lipinski definition) is 0. The summed E-state index contributed by atoms with van der Waals surface area (Å²) in [6.45, 7) is 0. The van der Waals surface area contributed by atoms with Crippen LogP contribution in [0.4, 0.5) is 17.1 Å². The molecule has 34 heavy (non-hydrogen) atoms. The van der Waals surface area contributed by atoms with E-state index in [0.717, 1.165) is 45.3 Å². The number of methoxy groups -OCH3 is 1. The van der Waals surface area contributed by atoms with E-state index in [1.165, 1.54) is 0 Å². The van der Waals surface area contributed by atoms with Gasteiger partial charge < -0.3 is 19.6 Å². The van der Waals surface area contributed by atoms with Crippen molar-refractivity contribution < 1.29 is 25.8 Å². The van der Waals surface area contributed by atoms with Gasteiger partial charge in [-0.25, -0.2) is 0 Å². The SMILES string of the molecule is COc1ccc(N(c2[c-]c(-c3ccccn3)ccc2)c2[c-]c(-c3ccccn3)ccc2)cc1.[Pt+2]. The van der Waals surface area contributed by atoms with E-state index in [0.29, 0.717) is 0 Å². The molecule has 0 amide bonds. The molecule has 0 N–H and O–H groups in total. The van der Waals surface area contributed by atoms with Crippen molar-refractivity contribution in [3.63, 3.8) is 0 Å². The minimum Gasteiger partial charge on any atom is -0.497 e. The van der Waals surface area contributed by atoms with Crippen molar-refractivity contribution in [2.24, 2.45) is 0 Å². The maximum atomic E-state index is 5.36. The van der Waals surface area contributed by atoms with Gasteiger partial charge in [0.2, 0.25) is 0 Å². The average Bonchev–Trinajstić information content (AvgIpc) is 2.91. The van der Waals surface area contributed by atoms with Gasteiger partial charge in [0.15, 0.2) is 0 Å². The second-order valence-electron chi connectivity index (χ2n) is 7.36. The first-order valence-corrected chi connectivity index (χ1v) is 10.6. The van der Waals surface area contributed by atoms with Crippen LogP contribution in [-0.2, 0) is 21.1 Å². The van der Waals surface area contributed by atoms with Crippen molar-refractivity contribution in [3.8, 4) is 28.3 Å². The van der Waals surface area contributed by atoms with Crippen LogP contribution in [0.1, 0.15) is 0 Å². The third kappa shape index (κ3) is 5.08. The van der Waals surface area contributed by atoms with Gasteiger partial charge in [-0.2, -0.15) is 0 Å². The summed E-state index contributed by atoms with van der Waals surface area (Å²) < 4.78 is 5.36. The standard InChI is InChI=1S/C29H21N3O.Pt/c1-33-27-16-14-24(15-17-27)32(25-10-6-8-22(20-25)28-12-2-4-18-30-28)26-11-7-9-23(21-26)29-13-3-5-19-31-29;/h2-19H,1H3;/q-2;+2. The zero-order chi connectivity index (χ0) is 22.5. The third-order valence-corrected chi connectivity index (χ3v) is 5.25. The molecule has 0 fully saturated rings. The van der Waals surface area contributed by atoms with E-state index in [2.05, 4.69) is 27.0 Å². The van der Waals surface area contributed by atoms with Crippen LogP contribution in [-0.4, -0.2) is 17.1 Å². The zero-order valence-corrected chi connectivity index (χ0v) is 20.7. The van der Waals surface area contributed by atoms with Crippen LogP contribution in [0.15, 0.2) is 109 Å². The maximum absolute atomic E-state index is 5.36. The summed E-state index contributed by atoms with van der Waals surface area (Å²) in [6.07, 6.45) is 3.59. The smallest absolute Gasteiger partial charge is 0.497 e. The summed E-state index contributed by atoms with van der Waals surface area (Å²) in [7, 11) is 1.67. The molecule has 168 valence electrons. The fourth-order valence-electron chi connectivity index (χ4n) is 3.66. The molecule has 0 aliphatic carbocycles. The predicted molar refractivity (Wildman–Crippen MR) is 132 cm³/mol. The van der Waals surface area contributed by atoms with Gasteiger partial charge >= 0.3 is 21.1 Å². The summed E-state index contributed by atoms with van der Waals surface area (Å²) in [5.41, 5.74) is 6.34. The Hall–Kier alpha value is -3.75. The van der Waals surface area contributed by atoms with E-state index in [4.69, 9.17) is 4.74 Å². The predicted octanol–water partition coefficient (Wildman–Crippen LogP) is 6.89. The van der Waals surface area contributed by atoms with E-state index < -0.39 is 0 Å². The molecule has 0 atom stereocenters. The van der Waals surface area contributed by atoms with Crippen molar-refractivity contribution in [2.45, 2.75) is 0 Å². The van der Waals surface area contributed by atoms with Crippen LogP contribution in [0.25, 0.3) is 22.5 Å². The molecule has 0 radical (unpaired) electrons. The number of nitrogens with zero attached hydrogens (tertiary/aromatic N) is 3. The zero-order valence-electron chi connectivity index (χ0n) is 18.5. The molecular formula is C29H21N3OPt. The number of ether oxygens (including phenoxy) is 1. The van der Waals surface area contributed by atoms with E-state index >= 15 is 0 Å². The van der Waals surface area contributed by atoms with Crippen LogP contribution < -0.4 is 9.64 Å². The number of anilines is 3. The molecule has 0 saturated heterocycles. The van der Waals surface area contributed by atoms with Crippen molar-refractivity contribution >= 4 is 17.1 Å². The first-order valence-electron chi connectivity index (χ1n) is 10.6. The van der Waals surface area contributed by atoms with Crippen molar-refractivity contribution in [1.29, 1.82) is 0 Å². The summed E-state index contributed by atoms with van der Waals surface area (Å²) in [6, 6.07) is 39.0. The largest absolute Gasteiger partial charge is 2.00 e. The number of hydrogen-bond acceptors (Lipinski definition) is 4. The van der Waals surface area contributed by atoms with Crippen LogP contribution in [0.3, 0.4) is 0 Å². The molecule has 2 heterocycles. The molecule has 0 aliphatic heterocycles. The molecule has 0 aliphatic rings. The van der Waals surface area contributed by atoms with E-state index in [9.17, 15) is 0 Å². The quantitative estimate of drug-likeness (QED) is 0.194. The van der Waals surface area contributed by atoms with Gasteiger partial charge in [-0.05, 0) is 59.2 Å².